The largest absolute Gasteiger partial charge is 0.378 e. The van der Waals surface area contributed by atoms with Crippen LogP contribution in [0.3, 0.4) is 0 Å². The highest BCUT2D eigenvalue weighted by Crippen LogP contribution is 2.26. The van der Waals surface area contributed by atoms with Crippen LogP contribution in [0.1, 0.15) is 26.5 Å². The number of anilines is 2. The third kappa shape index (κ3) is 5.47. The van der Waals surface area contributed by atoms with Gasteiger partial charge in [-0.3, -0.25) is 14.4 Å². The summed E-state index contributed by atoms with van der Waals surface area (Å²) < 4.78 is 2.48. The van der Waals surface area contributed by atoms with E-state index in [1.54, 1.807) is 12.1 Å². The smallest absolute Gasteiger partial charge is 0.265 e. The fourth-order valence-electron chi connectivity index (χ4n) is 4.07. The Morgan fingerprint density at radius 3 is 2.62 bits per heavy atom. The normalized spacial score (nSPS) is 13.4. The summed E-state index contributed by atoms with van der Waals surface area (Å²) in [6, 6.07) is 19.7. The number of benzene rings is 2. The number of hydrogen-bond acceptors (Lipinski definition) is 6. The van der Waals surface area contributed by atoms with Gasteiger partial charge in [0.05, 0.1) is 39.9 Å². The molecule has 1 aliphatic heterocycles. The Kier molecular flexibility index (Phi) is 6.89. The first kappa shape index (κ1) is 22.6. The van der Waals surface area contributed by atoms with E-state index in [-0.39, 0.29) is 5.91 Å². The highest BCUT2D eigenvalue weighted by atomic mass is 35.5. The van der Waals surface area contributed by atoms with Crippen molar-refractivity contribution in [1.29, 1.82) is 0 Å². The zero-order valence-corrected chi connectivity index (χ0v) is 20.1. The predicted molar refractivity (Wildman–Crippen MR) is 136 cm³/mol. The van der Waals surface area contributed by atoms with E-state index in [0.717, 1.165) is 44.0 Å². The Balaban J connectivity index is 1.14. The van der Waals surface area contributed by atoms with Gasteiger partial charge >= 0.3 is 0 Å². The van der Waals surface area contributed by atoms with Gasteiger partial charge in [0.1, 0.15) is 5.69 Å². The summed E-state index contributed by atoms with van der Waals surface area (Å²) in [5.74, 6) is -0.183. The van der Waals surface area contributed by atoms with E-state index >= 15 is 0 Å². The predicted octanol–water partition coefficient (Wildman–Crippen LogP) is 4.92. The van der Waals surface area contributed by atoms with Crippen LogP contribution in [0.25, 0.3) is 0 Å². The number of carbonyl (C=O) groups excluding carboxylic acids is 1. The number of carbonyl (C=O) groups is 1. The van der Waals surface area contributed by atoms with Crippen molar-refractivity contribution < 1.29 is 4.79 Å². The van der Waals surface area contributed by atoms with Gasteiger partial charge in [0.15, 0.2) is 0 Å². The molecule has 9 heteroatoms. The Labute approximate surface area is 207 Å². The molecular formula is C25H25ClN6OS. The summed E-state index contributed by atoms with van der Waals surface area (Å²) in [5.41, 5.74) is 5.25. The first-order valence-electron chi connectivity index (χ1n) is 11.2. The average molecular weight is 493 g/mol. The molecule has 1 aliphatic rings. The van der Waals surface area contributed by atoms with E-state index in [4.69, 9.17) is 11.6 Å². The Morgan fingerprint density at radius 1 is 1.00 bits per heavy atom. The fraction of sp³-hybridized carbons (Fsp3) is 0.240. The molecule has 1 amide bonds. The summed E-state index contributed by atoms with van der Waals surface area (Å²) in [6.45, 7) is 4.30. The van der Waals surface area contributed by atoms with Crippen LogP contribution in [0, 0.1) is 0 Å². The highest BCUT2D eigenvalue weighted by molar-refractivity contribution is 7.18. The molecular weight excluding hydrogens is 468 g/mol. The highest BCUT2D eigenvalue weighted by Gasteiger charge is 2.16. The molecule has 0 radical (unpaired) electrons. The van der Waals surface area contributed by atoms with Crippen molar-refractivity contribution in [2.45, 2.75) is 26.1 Å². The number of aromatic nitrogens is 3. The summed E-state index contributed by atoms with van der Waals surface area (Å²) >= 11 is 7.21. The second-order valence-electron chi connectivity index (χ2n) is 8.22. The molecule has 0 atom stereocenters. The quantitative estimate of drug-likeness (QED) is 0.365. The van der Waals surface area contributed by atoms with E-state index in [1.165, 1.54) is 22.5 Å². The van der Waals surface area contributed by atoms with E-state index in [9.17, 15) is 4.79 Å². The first-order chi connectivity index (χ1) is 16.6. The molecule has 0 aliphatic carbocycles. The van der Waals surface area contributed by atoms with Gasteiger partial charge in [-0.25, -0.2) is 0 Å². The summed E-state index contributed by atoms with van der Waals surface area (Å²) in [4.78, 5) is 15.5. The lowest BCUT2D eigenvalue weighted by Crippen LogP contribution is -2.33. The minimum Gasteiger partial charge on any atom is -0.378 e. The third-order valence-electron chi connectivity index (χ3n) is 5.87. The van der Waals surface area contributed by atoms with Crippen LogP contribution in [0.4, 0.5) is 11.4 Å². The molecule has 3 heterocycles. The van der Waals surface area contributed by atoms with E-state index in [2.05, 4.69) is 50.1 Å². The summed E-state index contributed by atoms with van der Waals surface area (Å²) in [5, 5.41) is 14.9. The van der Waals surface area contributed by atoms with Crippen LogP contribution in [-0.2, 0) is 26.1 Å². The van der Waals surface area contributed by atoms with Gasteiger partial charge in [-0.05, 0) is 41.8 Å². The Morgan fingerprint density at radius 2 is 1.79 bits per heavy atom. The second-order valence-corrected chi connectivity index (χ2v) is 9.94. The number of halogens is 1. The zero-order chi connectivity index (χ0) is 23.3. The summed E-state index contributed by atoms with van der Waals surface area (Å²) in [7, 11) is 0. The lowest BCUT2D eigenvalue weighted by molar-refractivity contribution is 0.103. The third-order valence-corrected chi connectivity index (χ3v) is 7.10. The maximum atomic E-state index is 12.5. The average Bonchev–Trinajstić information content (AvgIpc) is 3.51. The minimum atomic E-state index is -0.183. The molecule has 0 unspecified atom stereocenters. The maximum absolute atomic E-state index is 12.5. The van der Waals surface area contributed by atoms with Crippen LogP contribution < -0.4 is 10.6 Å². The molecule has 0 saturated heterocycles. The van der Waals surface area contributed by atoms with Crippen LogP contribution >= 0.6 is 22.9 Å². The number of rotatable bonds is 8. The number of amides is 1. The number of fused-ring (bicyclic) bond motifs is 1. The maximum Gasteiger partial charge on any atom is 0.265 e. The van der Waals surface area contributed by atoms with Crippen molar-refractivity contribution in [2.24, 2.45) is 0 Å². The molecule has 2 N–H and O–H groups in total. The molecule has 174 valence electrons. The van der Waals surface area contributed by atoms with Crippen LogP contribution in [-0.4, -0.2) is 38.9 Å². The van der Waals surface area contributed by atoms with Gasteiger partial charge in [-0.15, -0.1) is 16.4 Å². The van der Waals surface area contributed by atoms with Crippen molar-refractivity contribution >= 4 is 40.2 Å². The second kappa shape index (κ2) is 10.4. The molecule has 4 aromatic rings. The minimum absolute atomic E-state index is 0.183. The molecule has 0 fully saturated rings. The number of hydrogen-bond donors (Lipinski definition) is 2. The lowest BCUT2D eigenvalue weighted by Gasteiger charge is -2.28. The van der Waals surface area contributed by atoms with Gasteiger partial charge in [0, 0.05) is 19.6 Å². The van der Waals surface area contributed by atoms with Gasteiger partial charge in [0.2, 0.25) is 0 Å². The molecule has 5 rings (SSSR count). The SMILES string of the molecule is O=C(Nc1ccccc1NCc1cn(CCN2CCc3ccccc3C2)nn1)c1ccc(Cl)s1. The van der Waals surface area contributed by atoms with E-state index in [0.29, 0.717) is 21.4 Å². The monoisotopic (exact) mass is 492 g/mol. The van der Waals surface area contributed by atoms with Gasteiger partial charge in [-0.2, -0.15) is 0 Å². The molecule has 34 heavy (non-hydrogen) atoms. The molecule has 2 aromatic carbocycles. The molecule has 0 spiro atoms. The topological polar surface area (TPSA) is 75.1 Å². The molecule has 7 nitrogen and oxygen atoms in total. The van der Waals surface area contributed by atoms with Crippen molar-refractivity contribution in [3.05, 3.63) is 92.9 Å². The van der Waals surface area contributed by atoms with Crippen molar-refractivity contribution in [1.82, 2.24) is 19.9 Å². The number of nitrogens with one attached hydrogen (secondary N) is 2. The molecule has 0 saturated carbocycles. The van der Waals surface area contributed by atoms with Crippen molar-refractivity contribution in [3.63, 3.8) is 0 Å². The van der Waals surface area contributed by atoms with Crippen molar-refractivity contribution in [2.75, 3.05) is 23.7 Å². The van der Waals surface area contributed by atoms with Crippen LogP contribution in [0.2, 0.25) is 4.34 Å². The summed E-state index contributed by atoms with van der Waals surface area (Å²) in [6.07, 6.45) is 3.07. The number of para-hydroxylation sites is 2. The number of nitrogens with zero attached hydrogens (tertiary/aromatic N) is 4. The van der Waals surface area contributed by atoms with Crippen molar-refractivity contribution in [3.8, 4) is 0 Å². The Bertz CT molecular complexity index is 1290. The standard InChI is InChI=1S/C25H25ClN6OS/c26-24-10-9-23(34-24)25(33)28-22-8-4-3-7-21(22)27-15-20-17-32(30-29-20)14-13-31-12-11-18-5-1-2-6-19(18)16-31/h1-10,17,27H,11-16H2,(H,28,33). The van der Waals surface area contributed by atoms with E-state index in [1.807, 2.05) is 35.1 Å². The van der Waals surface area contributed by atoms with Gasteiger partial charge in [0.25, 0.3) is 5.91 Å². The molecule has 2 aromatic heterocycles. The lowest BCUT2D eigenvalue weighted by atomic mass is 10.00. The molecule has 0 bridgehead atoms. The zero-order valence-electron chi connectivity index (χ0n) is 18.6. The van der Waals surface area contributed by atoms with Gasteiger partial charge in [-0.1, -0.05) is 53.2 Å². The first-order valence-corrected chi connectivity index (χ1v) is 12.4. The Hall–Kier alpha value is -3.20. The van der Waals surface area contributed by atoms with E-state index < -0.39 is 0 Å². The fourth-order valence-corrected chi connectivity index (χ4v) is 5.01. The number of thiophene rings is 1. The van der Waals surface area contributed by atoms with Crippen LogP contribution in [0.15, 0.2) is 66.9 Å². The van der Waals surface area contributed by atoms with Gasteiger partial charge < -0.3 is 10.6 Å². The van der Waals surface area contributed by atoms with Crippen LogP contribution in [0.5, 0.6) is 0 Å².